The molecule has 0 radical (unpaired) electrons. The van der Waals surface area contributed by atoms with Crippen LogP contribution in [0.15, 0.2) is 24.3 Å². The number of carbonyl (C=O) groups is 2. The van der Waals surface area contributed by atoms with Gasteiger partial charge < -0.3 is 9.47 Å². The molecule has 4 heteroatoms. The second-order valence-corrected chi connectivity index (χ2v) is 8.26. The Morgan fingerprint density at radius 3 is 1.90 bits per heavy atom. The minimum atomic E-state index is -0.386. The molecule has 0 saturated heterocycles. The molecule has 0 aliphatic heterocycles. The topological polar surface area (TPSA) is 52.6 Å². The lowest BCUT2D eigenvalue weighted by Crippen LogP contribution is -2.15. The molecule has 170 valence electrons. The maximum absolute atomic E-state index is 12.3. The van der Waals surface area contributed by atoms with Crippen molar-refractivity contribution in [1.29, 1.82) is 0 Å². The number of ether oxygens (including phenoxy) is 2. The summed E-state index contributed by atoms with van der Waals surface area (Å²) in [4.78, 5) is 24.5. The van der Waals surface area contributed by atoms with E-state index in [-0.39, 0.29) is 18.0 Å². The minimum absolute atomic E-state index is 0.121. The molecule has 30 heavy (non-hydrogen) atoms. The predicted molar refractivity (Wildman–Crippen MR) is 123 cm³/mol. The number of hydrogen-bond donors (Lipinski definition) is 0. The molecule has 0 N–H and O–H groups in total. The van der Waals surface area contributed by atoms with E-state index in [1.54, 1.807) is 24.3 Å². The van der Waals surface area contributed by atoms with E-state index < -0.39 is 0 Å². The van der Waals surface area contributed by atoms with Gasteiger partial charge in [-0.3, -0.25) is 0 Å². The highest BCUT2D eigenvalue weighted by Crippen LogP contribution is 2.13. The largest absolute Gasteiger partial charge is 0.462 e. The molecule has 0 aliphatic rings. The number of hydrogen-bond acceptors (Lipinski definition) is 4. The van der Waals surface area contributed by atoms with Crippen molar-refractivity contribution < 1.29 is 19.1 Å². The third-order valence-electron chi connectivity index (χ3n) is 5.34. The van der Waals surface area contributed by atoms with E-state index in [9.17, 15) is 9.59 Å². The van der Waals surface area contributed by atoms with Gasteiger partial charge in [0.25, 0.3) is 0 Å². The molecule has 0 saturated carbocycles. The van der Waals surface area contributed by atoms with Crippen LogP contribution >= 0.6 is 0 Å². The highest BCUT2D eigenvalue weighted by Gasteiger charge is 2.15. The minimum Gasteiger partial charge on any atom is -0.462 e. The van der Waals surface area contributed by atoms with Crippen LogP contribution in [0.5, 0.6) is 0 Å². The van der Waals surface area contributed by atoms with Crippen molar-refractivity contribution in [1.82, 2.24) is 0 Å². The van der Waals surface area contributed by atoms with Crippen molar-refractivity contribution in [2.45, 2.75) is 110 Å². The zero-order valence-electron chi connectivity index (χ0n) is 19.4. The molecule has 1 aromatic carbocycles. The third-order valence-corrected chi connectivity index (χ3v) is 5.34. The maximum atomic E-state index is 12.3. The zero-order chi connectivity index (χ0) is 22.0. The molecule has 1 atom stereocenters. The summed E-state index contributed by atoms with van der Waals surface area (Å²) in [5.41, 5.74) is 0.796. The van der Waals surface area contributed by atoms with Crippen LogP contribution in [0.1, 0.15) is 125 Å². The molecule has 1 aromatic rings. The summed E-state index contributed by atoms with van der Waals surface area (Å²) < 4.78 is 10.8. The first-order valence-electron chi connectivity index (χ1n) is 12.1. The van der Waals surface area contributed by atoms with Crippen LogP contribution in [0.25, 0.3) is 0 Å². The van der Waals surface area contributed by atoms with Gasteiger partial charge in [-0.15, -0.1) is 0 Å². The molecule has 1 unspecified atom stereocenters. The lowest BCUT2D eigenvalue weighted by Gasteiger charge is -2.13. The highest BCUT2D eigenvalue weighted by molar-refractivity contribution is 5.95. The Balaban J connectivity index is 2.23. The summed E-state index contributed by atoms with van der Waals surface area (Å²) in [5, 5.41) is 0. The number of carbonyl (C=O) groups excluding carboxylic acids is 2. The van der Waals surface area contributed by atoms with Gasteiger partial charge in [0.15, 0.2) is 0 Å². The van der Waals surface area contributed by atoms with Crippen molar-refractivity contribution >= 4 is 11.9 Å². The van der Waals surface area contributed by atoms with Crippen LogP contribution in [-0.2, 0) is 9.47 Å². The van der Waals surface area contributed by atoms with Crippen molar-refractivity contribution in [2.75, 3.05) is 6.61 Å². The Morgan fingerprint density at radius 1 is 0.767 bits per heavy atom. The van der Waals surface area contributed by atoms with Crippen LogP contribution in [0, 0.1) is 0 Å². The molecular weight excluding hydrogens is 376 g/mol. The van der Waals surface area contributed by atoms with E-state index in [1.165, 1.54) is 51.4 Å². The van der Waals surface area contributed by atoms with E-state index >= 15 is 0 Å². The second-order valence-electron chi connectivity index (χ2n) is 8.26. The fourth-order valence-electron chi connectivity index (χ4n) is 3.41. The number of benzene rings is 1. The highest BCUT2D eigenvalue weighted by atomic mass is 16.5. The first-order valence-corrected chi connectivity index (χ1v) is 12.1. The van der Waals surface area contributed by atoms with Gasteiger partial charge in [-0.05, 0) is 38.0 Å². The van der Waals surface area contributed by atoms with E-state index in [4.69, 9.17) is 9.47 Å². The van der Waals surface area contributed by atoms with Gasteiger partial charge >= 0.3 is 11.9 Å². The summed E-state index contributed by atoms with van der Waals surface area (Å²) in [5.74, 6) is -0.762. The van der Waals surface area contributed by atoms with Crippen molar-refractivity contribution in [3.63, 3.8) is 0 Å². The van der Waals surface area contributed by atoms with Gasteiger partial charge in [-0.1, -0.05) is 90.5 Å². The molecule has 1 rings (SSSR count). The van der Waals surface area contributed by atoms with E-state index in [2.05, 4.69) is 13.8 Å². The van der Waals surface area contributed by atoms with Gasteiger partial charge in [-0.2, -0.15) is 0 Å². The standard InChI is InChI=1S/C26H42O4/c1-4-6-8-9-10-11-12-13-14-15-20-29-25(27)23-18-16-19-24(21-23)26(28)30-22(3)17-7-5-2/h16,18-19,21-22H,4-15,17,20H2,1-3H3. The molecular formula is C26H42O4. The van der Waals surface area contributed by atoms with Gasteiger partial charge in [0.2, 0.25) is 0 Å². The fourth-order valence-corrected chi connectivity index (χ4v) is 3.41. The number of esters is 2. The number of rotatable bonds is 17. The maximum Gasteiger partial charge on any atom is 0.338 e. The Morgan fingerprint density at radius 2 is 1.30 bits per heavy atom. The van der Waals surface area contributed by atoms with Gasteiger partial charge in [0.05, 0.1) is 23.8 Å². The SMILES string of the molecule is CCCCCCCCCCCCOC(=O)c1cccc(C(=O)OC(C)CCCC)c1. The Bertz CT molecular complexity index is 596. The van der Waals surface area contributed by atoms with Crippen LogP contribution in [0.2, 0.25) is 0 Å². The zero-order valence-corrected chi connectivity index (χ0v) is 19.4. The lowest BCUT2D eigenvalue weighted by atomic mass is 10.1. The Hall–Kier alpha value is -1.84. The smallest absolute Gasteiger partial charge is 0.338 e. The number of unbranched alkanes of at least 4 members (excludes halogenated alkanes) is 10. The third kappa shape index (κ3) is 12.0. The van der Waals surface area contributed by atoms with E-state index in [0.29, 0.717) is 17.7 Å². The summed E-state index contributed by atoms with van der Waals surface area (Å²) in [6.07, 6.45) is 15.3. The average molecular weight is 419 g/mol. The summed E-state index contributed by atoms with van der Waals surface area (Å²) >= 11 is 0. The molecule has 0 heterocycles. The molecule has 4 nitrogen and oxygen atoms in total. The van der Waals surface area contributed by atoms with Crippen LogP contribution < -0.4 is 0 Å². The Labute approximate surface area is 183 Å². The Kier molecular flexibility index (Phi) is 14.8. The summed E-state index contributed by atoms with van der Waals surface area (Å²) in [6.45, 7) is 6.68. The first kappa shape index (κ1) is 26.2. The monoisotopic (exact) mass is 418 g/mol. The van der Waals surface area contributed by atoms with Crippen LogP contribution in [0.3, 0.4) is 0 Å². The van der Waals surface area contributed by atoms with Crippen LogP contribution in [-0.4, -0.2) is 24.6 Å². The molecule has 0 bridgehead atoms. The second kappa shape index (κ2) is 16.9. The van der Waals surface area contributed by atoms with E-state index in [0.717, 1.165) is 32.1 Å². The van der Waals surface area contributed by atoms with Crippen molar-refractivity contribution in [3.8, 4) is 0 Å². The van der Waals surface area contributed by atoms with Crippen molar-refractivity contribution in [3.05, 3.63) is 35.4 Å². The van der Waals surface area contributed by atoms with Gasteiger partial charge in [-0.25, -0.2) is 9.59 Å². The summed E-state index contributed by atoms with van der Waals surface area (Å²) in [7, 11) is 0. The van der Waals surface area contributed by atoms with Gasteiger partial charge in [0, 0.05) is 0 Å². The predicted octanol–water partition coefficient (Wildman–Crippen LogP) is 7.50. The molecule has 0 amide bonds. The lowest BCUT2D eigenvalue weighted by molar-refractivity contribution is 0.0320. The quantitative estimate of drug-likeness (QED) is 0.194. The molecule has 0 spiro atoms. The first-order chi connectivity index (χ1) is 14.6. The van der Waals surface area contributed by atoms with Crippen LogP contribution in [0.4, 0.5) is 0 Å². The normalized spacial score (nSPS) is 11.8. The van der Waals surface area contributed by atoms with E-state index in [1.807, 2.05) is 6.92 Å². The fraction of sp³-hybridized carbons (Fsp3) is 0.692. The average Bonchev–Trinajstić information content (AvgIpc) is 2.76. The molecule has 0 aliphatic carbocycles. The summed E-state index contributed by atoms with van der Waals surface area (Å²) in [6, 6.07) is 6.62. The molecule has 0 aromatic heterocycles. The van der Waals surface area contributed by atoms with Gasteiger partial charge in [0.1, 0.15) is 0 Å². The molecule has 0 fully saturated rings. The van der Waals surface area contributed by atoms with Crippen molar-refractivity contribution in [2.24, 2.45) is 0 Å².